The van der Waals surface area contributed by atoms with Gasteiger partial charge in [-0.25, -0.2) is 0 Å². The van der Waals surface area contributed by atoms with E-state index in [1.807, 2.05) is 36.1 Å². The lowest BCUT2D eigenvalue weighted by atomic mass is 10.00. The molecule has 0 radical (unpaired) electrons. The molecule has 3 rings (SSSR count). The summed E-state index contributed by atoms with van der Waals surface area (Å²) in [4.78, 5) is 15.8. The van der Waals surface area contributed by atoms with Gasteiger partial charge >= 0.3 is 0 Å². The van der Waals surface area contributed by atoms with Crippen molar-refractivity contribution in [1.82, 2.24) is 4.90 Å². The predicted octanol–water partition coefficient (Wildman–Crippen LogP) is 3.77. The minimum Gasteiger partial charge on any atom is -0.493 e. The standard InChI is InChI=1S/C20H23NO3S/c1-14(25-17-8-9-18(23-2)19(12-17)24-3)20(22)21-11-10-15-6-4-5-7-16(15)13-21/h4-9,12,14H,10-11,13H2,1-3H3. The molecule has 1 amide bonds. The van der Waals surface area contributed by atoms with Crippen LogP contribution in [-0.2, 0) is 17.8 Å². The third kappa shape index (κ3) is 3.93. The fourth-order valence-electron chi connectivity index (χ4n) is 3.09. The van der Waals surface area contributed by atoms with Crippen LogP contribution in [0.3, 0.4) is 0 Å². The van der Waals surface area contributed by atoms with Crippen LogP contribution in [-0.4, -0.2) is 36.8 Å². The molecule has 0 aliphatic carbocycles. The van der Waals surface area contributed by atoms with Gasteiger partial charge < -0.3 is 14.4 Å². The van der Waals surface area contributed by atoms with E-state index in [2.05, 4.69) is 18.2 Å². The van der Waals surface area contributed by atoms with E-state index in [9.17, 15) is 4.79 Å². The summed E-state index contributed by atoms with van der Waals surface area (Å²) < 4.78 is 10.6. The SMILES string of the molecule is COc1ccc(SC(C)C(=O)N2CCc3ccccc3C2)cc1OC. The number of thioether (sulfide) groups is 1. The second kappa shape index (κ2) is 7.83. The number of hydrogen-bond donors (Lipinski definition) is 0. The molecular formula is C20H23NO3S. The van der Waals surface area contributed by atoms with Crippen LogP contribution < -0.4 is 9.47 Å². The van der Waals surface area contributed by atoms with Crippen molar-refractivity contribution >= 4 is 17.7 Å². The van der Waals surface area contributed by atoms with Gasteiger partial charge in [0.1, 0.15) is 0 Å². The van der Waals surface area contributed by atoms with E-state index in [0.29, 0.717) is 18.0 Å². The number of rotatable bonds is 5. The number of hydrogen-bond acceptors (Lipinski definition) is 4. The van der Waals surface area contributed by atoms with E-state index in [1.165, 1.54) is 11.1 Å². The molecule has 0 saturated carbocycles. The molecule has 0 aromatic heterocycles. The summed E-state index contributed by atoms with van der Waals surface area (Å²) in [6, 6.07) is 14.1. The van der Waals surface area contributed by atoms with Crippen molar-refractivity contribution < 1.29 is 14.3 Å². The molecule has 1 heterocycles. The second-order valence-electron chi connectivity index (χ2n) is 6.06. The maximum Gasteiger partial charge on any atom is 0.236 e. The first-order valence-corrected chi connectivity index (χ1v) is 9.24. The molecule has 2 aromatic carbocycles. The van der Waals surface area contributed by atoms with E-state index in [-0.39, 0.29) is 11.2 Å². The normalized spacial score (nSPS) is 14.6. The lowest BCUT2D eigenvalue weighted by molar-refractivity contribution is -0.131. The Morgan fingerprint density at radius 3 is 2.52 bits per heavy atom. The van der Waals surface area contributed by atoms with Crippen LogP contribution in [0, 0.1) is 0 Å². The van der Waals surface area contributed by atoms with Crippen molar-refractivity contribution in [2.75, 3.05) is 20.8 Å². The largest absolute Gasteiger partial charge is 0.493 e. The Kier molecular flexibility index (Phi) is 5.53. The molecule has 0 bridgehead atoms. The lowest BCUT2D eigenvalue weighted by Gasteiger charge is -2.30. The maximum atomic E-state index is 12.8. The fraction of sp³-hybridized carbons (Fsp3) is 0.350. The van der Waals surface area contributed by atoms with Crippen LogP contribution in [0.5, 0.6) is 11.5 Å². The highest BCUT2D eigenvalue weighted by Gasteiger charge is 2.25. The highest BCUT2D eigenvalue weighted by Crippen LogP contribution is 2.34. The molecule has 5 heteroatoms. The highest BCUT2D eigenvalue weighted by atomic mass is 32.2. The molecule has 0 saturated heterocycles. The Balaban J connectivity index is 1.67. The van der Waals surface area contributed by atoms with Crippen molar-refractivity contribution in [3.8, 4) is 11.5 Å². The van der Waals surface area contributed by atoms with Crippen molar-refractivity contribution in [2.24, 2.45) is 0 Å². The number of benzene rings is 2. The summed E-state index contributed by atoms with van der Waals surface area (Å²) in [6.45, 7) is 3.45. The third-order valence-electron chi connectivity index (χ3n) is 4.46. The van der Waals surface area contributed by atoms with Gasteiger partial charge in [-0.15, -0.1) is 11.8 Å². The summed E-state index contributed by atoms with van der Waals surface area (Å²) in [5.74, 6) is 1.55. The molecule has 1 unspecified atom stereocenters. The van der Waals surface area contributed by atoms with Gasteiger partial charge in [-0.3, -0.25) is 4.79 Å². The summed E-state index contributed by atoms with van der Waals surface area (Å²) in [5.41, 5.74) is 2.61. The number of ether oxygens (including phenoxy) is 2. The van der Waals surface area contributed by atoms with Crippen molar-refractivity contribution in [3.63, 3.8) is 0 Å². The summed E-state index contributed by atoms with van der Waals surface area (Å²) in [6.07, 6.45) is 0.926. The molecule has 1 aliphatic rings. The number of nitrogens with zero attached hydrogens (tertiary/aromatic N) is 1. The van der Waals surface area contributed by atoms with Crippen LogP contribution in [0.15, 0.2) is 47.4 Å². The van der Waals surface area contributed by atoms with Crippen molar-refractivity contribution in [2.45, 2.75) is 30.0 Å². The Hall–Kier alpha value is -2.14. The Morgan fingerprint density at radius 2 is 1.80 bits per heavy atom. The maximum absolute atomic E-state index is 12.8. The minimum atomic E-state index is -0.150. The smallest absolute Gasteiger partial charge is 0.236 e. The van der Waals surface area contributed by atoms with E-state index in [1.54, 1.807) is 26.0 Å². The van der Waals surface area contributed by atoms with Gasteiger partial charge in [0.05, 0.1) is 19.5 Å². The average molecular weight is 357 g/mol. The molecule has 132 valence electrons. The number of fused-ring (bicyclic) bond motifs is 1. The van der Waals surface area contributed by atoms with Crippen LogP contribution in [0.4, 0.5) is 0 Å². The van der Waals surface area contributed by atoms with E-state index in [4.69, 9.17) is 9.47 Å². The topological polar surface area (TPSA) is 38.8 Å². The predicted molar refractivity (Wildman–Crippen MR) is 100 cm³/mol. The zero-order valence-corrected chi connectivity index (χ0v) is 15.6. The molecular weight excluding hydrogens is 334 g/mol. The van der Waals surface area contributed by atoms with E-state index in [0.717, 1.165) is 17.9 Å². The molecule has 25 heavy (non-hydrogen) atoms. The fourth-order valence-corrected chi connectivity index (χ4v) is 4.07. The van der Waals surface area contributed by atoms with Crippen molar-refractivity contribution in [1.29, 1.82) is 0 Å². The summed E-state index contributed by atoms with van der Waals surface area (Å²) >= 11 is 1.55. The Bertz CT molecular complexity index is 762. The molecule has 0 fully saturated rings. The molecule has 1 aliphatic heterocycles. The third-order valence-corrected chi connectivity index (χ3v) is 5.54. The average Bonchev–Trinajstić information content (AvgIpc) is 2.66. The molecule has 1 atom stereocenters. The quantitative estimate of drug-likeness (QED) is 0.764. The molecule has 0 N–H and O–H groups in total. The van der Waals surface area contributed by atoms with Crippen LogP contribution >= 0.6 is 11.8 Å². The van der Waals surface area contributed by atoms with Crippen LogP contribution in [0.2, 0.25) is 0 Å². The van der Waals surface area contributed by atoms with E-state index >= 15 is 0 Å². The first kappa shape index (κ1) is 17.7. The summed E-state index contributed by atoms with van der Waals surface area (Å²) in [7, 11) is 3.23. The van der Waals surface area contributed by atoms with Gasteiger partial charge in [0.15, 0.2) is 11.5 Å². The Labute approximate surface area is 153 Å². The number of methoxy groups -OCH3 is 2. The van der Waals surface area contributed by atoms with Gasteiger partial charge in [0, 0.05) is 18.0 Å². The number of carbonyl (C=O) groups excluding carboxylic acids is 1. The monoisotopic (exact) mass is 357 g/mol. The zero-order chi connectivity index (χ0) is 17.8. The highest BCUT2D eigenvalue weighted by molar-refractivity contribution is 8.00. The Morgan fingerprint density at radius 1 is 1.08 bits per heavy atom. The first-order valence-electron chi connectivity index (χ1n) is 8.36. The van der Waals surface area contributed by atoms with Gasteiger partial charge in [-0.05, 0) is 42.7 Å². The minimum absolute atomic E-state index is 0.150. The van der Waals surface area contributed by atoms with Gasteiger partial charge in [-0.2, -0.15) is 0 Å². The zero-order valence-electron chi connectivity index (χ0n) is 14.8. The van der Waals surface area contributed by atoms with Crippen LogP contribution in [0.25, 0.3) is 0 Å². The molecule has 0 spiro atoms. The number of amides is 1. The molecule has 4 nitrogen and oxygen atoms in total. The van der Waals surface area contributed by atoms with E-state index < -0.39 is 0 Å². The lowest BCUT2D eigenvalue weighted by Crippen LogP contribution is -2.40. The van der Waals surface area contributed by atoms with Crippen LogP contribution in [0.1, 0.15) is 18.1 Å². The van der Waals surface area contributed by atoms with Gasteiger partial charge in [0.2, 0.25) is 5.91 Å². The summed E-state index contributed by atoms with van der Waals surface area (Å²) in [5, 5.41) is -0.150. The van der Waals surface area contributed by atoms with Gasteiger partial charge in [-0.1, -0.05) is 24.3 Å². The van der Waals surface area contributed by atoms with Crippen molar-refractivity contribution in [3.05, 3.63) is 53.6 Å². The first-order chi connectivity index (χ1) is 12.1. The molecule has 2 aromatic rings. The van der Waals surface area contributed by atoms with Gasteiger partial charge in [0.25, 0.3) is 0 Å². The number of carbonyl (C=O) groups is 1. The second-order valence-corrected chi connectivity index (χ2v) is 7.47.